The van der Waals surface area contributed by atoms with Gasteiger partial charge in [-0.2, -0.15) is 0 Å². The van der Waals surface area contributed by atoms with Gasteiger partial charge in [0.15, 0.2) is 0 Å². The number of methoxy groups -OCH3 is 1. The van der Waals surface area contributed by atoms with Crippen molar-refractivity contribution >= 4 is 5.91 Å². The molecule has 0 bridgehead atoms. The fraction of sp³-hybridized carbons (Fsp3) is 0.533. The number of amides is 1. The average molecular weight is 278 g/mol. The molecule has 1 aromatic carbocycles. The molecule has 0 aromatic heterocycles. The van der Waals surface area contributed by atoms with Crippen LogP contribution in [0, 0.1) is 0 Å². The molecule has 3 N–H and O–H groups in total. The summed E-state index contributed by atoms with van der Waals surface area (Å²) in [7, 11) is 1.69. The van der Waals surface area contributed by atoms with Crippen LogP contribution in [0.1, 0.15) is 17.5 Å². The molecular weight excluding hydrogens is 256 g/mol. The lowest BCUT2D eigenvalue weighted by Gasteiger charge is -2.26. The molecule has 1 aromatic rings. The zero-order valence-electron chi connectivity index (χ0n) is 11.9. The minimum Gasteiger partial charge on any atom is -0.497 e. The van der Waals surface area contributed by atoms with E-state index in [0.29, 0.717) is 12.6 Å². The number of aryl methyl sites for hydroxylation is 1. The Bertz CT molecular complexity index is 462. The summed E-state index contributed by atoms with van der Waals surface area (Å²) in [5, 5.41) is 3.46. The second kappa shape index (κ2) is 7.26. The maximum absolute atomic E-state index is 10.5. The lowest BCUT2D eigenvalue weighted by Crippen LogP contribution is -2.37. The van der Waals surface area contributed by atoms with Gasteiger partial charge in [0, 0.05) is 12.6 Å². The Morgan fingerprint density at radius 3 is 3.05 bits per heavy atom. The normalized spacial score (nSPS) is 17.6. The Balaban J connectivity index is 1.77. The van der Waals surface area contributed by atoms with Crippen LogP contribution in [0.2, 0.25) is 0 Å². The second-order valence-corrected chi connectivity index (χ2v) is 5.05. The summed E-state index contributed by atoms with van der Waals surface area (Å²) < 4.78 is 10.4. The first-order valence-electron chi connectivity index (χ1n) is 6.94. The van der Waals surface area contributed by atoms with Crippen molar-refractivity contribution in [3.8, 4) is 5.75 Å². The van der Waals surface area contributed by atoms with Gasteiger partial charge in [-0.15, -0.1) is 0 Å². The Labute approximate surface area is 119 Å². The largest absolute Gasteiger partial charge is 0.497 e. The van der Waals surface area contributed by atoms with Gasteiger partial charge in [-0.05, 0) is 42.5 Å². The lowest BCUT2D eigenvalue weighted by atomic mass is 9.88. The predicted molar refractivity (Wildman–Crippen MR) is 76.8 cm³/mol. The van der Waals surface area contributed by atoms with Gasteiger partial charge in [0.1, 0.15) is 12.4 Å². The van der Waals surface area contributed by atoms with Gasteiger partial charge >= 0.3 is 0 Å². The van der Waals surface area contributed by atoms with E-state index in [2.05, 4.69) is 17.4 Å². The second-order valence-electron chi connectivity index (χ2n) is 5.05. The number of rotatable bonds is 7. The number of benzene rings is 1. The van der Waals surface area contributed by atoms with Crippen molar-refractivity contribution in [2.75, 3.05) is 26.9 Å². The summed E-state index contributed by atoms with van der Waals surface area (Å²) in [6, 6.07) is 6.74. The van der Waals surface area contributed by atoms with Gasteiger partial charge in [0.2, 0.25) is 5.91 Å². The summed E-state index contributed by atoms with van der Waals surface area (Å²) in [4.78, 5) is 10.5. The zero-order valence-corrected chi connectivity index (χ0v) is 11.9. The van der Waals surface area contributed by atoms with E-state index in [-0.39, 0.29) is 6.61 Å². The van der Waals surface area contributed by atoms with Crippen LogP contribution in [0.25, 0.3) is 0 Å². The fourth-order valence-electron chi connectivity index (χ4n) is 2.54. The Morgan fingerprint density at radius 1 is 1.45 bits per heavy atom. The monoisotopic (exact) mass is 278 g/mol. The van der Waals surface area contributed by atoms with E-state index < -0.39 is 5.91 Å². The molecule has 110 valence electrons. The number of ether oxygens (including phenoxy) is 2. The number of nitrogens with one attached hydrogen (secondary N) is 1. The molecular formula is C15H22N2O3. The van der Waals surface area contributed by atoms with Crippen molar-refractivity contribution in [1.29, 1.82) is 0 Å². The van der Waals surface area contributed by atoms with Crippen molar-refractivity contribution in [3.63, 3.8) is 0 Å². The van der Waals surface area contributed by atoms with Crippen LogP contribution in [0.3, 0.4) is 0 Å². The fourth-order valence-corrected chi connectivity index (χ4v) is 2.54. The van der Waals surface area contributed by atoms with Crippen LogP contribution >= 0.6 is 0 Å². The van der Waals surface area contributed by atoms with E-state index in [0.717, 1.165) is 31.6 Å². The van der Waals surface area contributed by atoms with E-state index >= 15 is 0 Å². The molecule has 5 heteroatoms. The lowest BCUT2D eigenvalue weighted by molar-refractivity contribution is -0.122. The maximum Gasteiger partial charge on any atom is 0.243 e. The van der Waals surface area contributed by atoms with Gasteiger partial charge in [-0.25, -0.2) is 0 Å². The summed E-state index contributed by atoms with van der Waals surface area (Å²) in [6.07, 6.45) is 3.20. The van der Waals surface area contributed by atoms with E-state index in [1.54, 1.807) is 7.11 Å². The molecule has 0 saturated heterocycles. The van der Waals surface area contributed by atoms with Crippen LogP contribution < -0.4 is 15.8 Å². The first-order chi connectivity index (χ1) is 9.69. The van der Waals surface area contributed by atoms with Crippen molar-refractivity contribution in [2.24, 2.45) is 5.73 Å². The minimum atomic E-state index is -0.427. The number of nitrogens with two attached hydrogens (primary N) is 1. The quantitative estimate of drug-likeness (QED) is 0.718. The van der Waals surface area contributed by atoms with Crippen molar-refractivity contribution in [3.05, 3.63) is 29.3 Å². The number of carbonyl (C=O) groups excluding carboxylic acids is 1. The van der Waals surface area contributed by atoms with E-state index in [1.165, 1.54) is 11.1 Å². The van der Waals surface area contributed by atoms with Crippen LogP contribution in [0.15, 0.2) is 18.2 Å². The van der Waals surface area contributed by atoms with Gasteiger partial charge in [-0.1, -0.05) is 6.07 Å². The molecule has 0 saturated carbocycles. The zero-order chi connectivity index (χ0) is 14.4. The van der Waals surface area contributed by atoms with Crippen LogP contribution in [0.5, 0.6) is 5.75 Å². The molecule has 1 atom stereocenters. The van der Waals surface area contributed by atoms with Crippen molar-refractivity contribution in [1.82, 2.24) is 5.32 Å². The molecule has 2 rings (SSSR count). The molecule has 0 aliphatic heterocycles. The Hall–Kier alpha value is -1.59. The first-order valence-corrected chi connectivity index (χ1v) is 6.94. The molecule has 0 spiro atoms. The number of hydrogen-bond donors (Lipinski definition) is 2. The number of primary amides is 1. The highest BCUT2D eigenvalue weighted by molar-refractivity contribution is 5.74. The predicted octanol–water partition coefficient (Wildman–Crippen LogP) is 0.644. The van der Waals surface area contributed by atoms with E-state index in [1.807, 2.05) is 6.07 Å². The molecule has 20 heavy (non-hydrogen) atoms. The molecule has 0 fully saturated rings. The summed E-state index contributed by atoms with van der Waals surface area (Å²) in [5.74, 6) is 0.484. The van der Waals surface area contributed by atoms with Crippen LogP contribution in [0.4, 0.5) is 0 Å². The first kappa shape index (κ1) is 14.8. The van der Waals surface area contributed by atoms with Crippen LogP contribution in [-0.4, -0.2) is 38.8 Å². The van der Waals surface area contributed by atoms with Gasteiger partial charge in [0.05, 0.1) is 13.7 Å². The summed E-state index contributed by atoms with van der Waals surface area (Å²) in [5.41, 5.74) is 7.77. The Kier molecular flexibility index (Phi) is 5.38. The van der Waals surface area contributed by atoms with Crippen molar-refractivity contribution < 1.29 is 14.3 Å². The van der Waals surface area contributed by atoms with E-state index in [9.17, 15) is 4.79 Å². The molecule has 0 radical (unpaired) electrons. The Morgan fingerprint density at radius 2 is 2.30 bits per heavy atom. The van der Waals surface area contributed by atoms with E-state index in [4.69, 9.17) is 15.2 Å². The molecule has 1 amide bonds. The smallest absolute Gasteiger partial charge is 0.243 e. The molecule has 1 unspecified atom stereocenters. The summed E-state index contributed by atoms with van der Waals surface area (Å²) in [6.45, 7) is 1.23. The third kappa shape index (κ3) is 4.21. The van der Waals surface area contributed by atoms with Crippen LogP contribution in [-0.2, 0) is 22.4 Å². The standard InChI is InChI=1S/C15H22N2O3/c1-19-14-5-3-11-2-4-13(8-12(11)9-14)17-6-7-20-10-15(16)18/h3,5,9,13,17H,2,4,6-8,10H2,1H3,(H2,16,18). The SMILES string of the molecule is COc1ccc2c(c1)CC(NCCOCC(N)=O)CC2. The minimum absolute atomic E-state index is 0.00756. The molecule has 5 nitrogen and oxygen atoms in total. The van der Waals surface area contributed by atoms with Gasteiger partial charge in [0.25, 0.3) is 0 Å². The third-order valence-electron chi connectivity index (χ3n) is 3.57. The van der Waals surface area contributed by atoms with Gasteiger partial charge < -0.3 is 20.5 Å². The third-order valence-corrected chi connectivity index (χ3v) is 3.57. The highest BCUT2D eigenvalue weighted by atomic mass is 16.5. The highest BCUT2D eigenvalue weighted by Crippen LogP contribution is 2.25. The van der Waals surface area contributed by atoms with Gasteiger partial charge in [-0.3, -0.25) is 4.79 Å². The molecule has 1 aliphatic carbocycles. The molecule has 1 aliphatic rings. The topological polar surface area (TPSA) is 73.6 Å². The number of carbonyl (C=O) groups is 1. The highest BCUT2D eigenvalue weighted by Gasteiger charge is 2.18. The molecule has 0 heterocycles. The van der Waals surface area contributed by atoms with Crippen molar-refractivity contribution in [2.45, 2.75) is 25.3 Å². The number of hydrogen-bond acceptors (Lipinski definition) is 4. The average Bonchev–Trinajstić information content (AvgIpc) is 2.45. The number of fused-ring (bicyclic) bond motifs is 1. The summed E-state index contributed by atoms with van der Waals surface area (Å²) >= 11 is 0. The maximum atomic E-state index is 10.5.